The van der Waals surface area contributed by atoms with E-state index in [0.717, 1.165) is 33.5 Å². The van der Waals surface area contributed by atoms with E-state index in [4.69, 9.17) is 0 Å². The van der Waals surface area contributed by atoms with Crippen LogP contribution < -0.4 is 0 Å². The van der Waals surface area contributed by atoms with Gasteiger partial charge in [0.2, 0.25) is 0 Å². The number of aromatic amines is 2. The molecule has 0 spiro atoms. The fourth-order valence-corrected chi connectivity index (χ4v) is 2.45. The number of aromatic nitrogens is 4. The largest absolute Gasteiger partial charge is 0.344 e. The third-order valence-electron chi connectivity index (χ3n) is 3.60. The van der Waals surface area contributed by atoms with Gasteiger partial charge in [-0.3, -0.25) is 9.98 Å². The minimum Gasteiger partial charge on any atom is -0.344 e. The number of rotatable bonds is 4. The van der Waals surface area contributed by atoms with E-state index >= 15 is 0 Å². The Labute approximate surface area is 138 Å². The second-order valence-corrected chi connectivity index (χ2v) is 5.18. The molecular formula is C18H14N6. The highest BCUT2D eigenvalue weighted by Gasteiger charge is 2.03. The van der Waals surface area contributed by atoms with Gasteiger partial charge in [0.15, 0.2) is 0 Å². The second kappa shape index (κ2) is 6.29. The maximum absolute atomic E-state index is 4.56. The first-order valence-electron chi connectivity index (χ1n) is 7.47. The third-order valence-corrected chi connectivity index (χ3v) is 3.60. The van der Waals surface area contributed by atoms with Crippen molar-refractivity contribution in [1.82, 2.24) is 19.9 Å². The van der Waals surface area contributed by atoms with Gasteiger partial charge in [-0.05, 0) is 12.1 Å². The Morgan fingerprint density at radius 1 is 0.708 bits per heavy atom. The highest BCUT2D eigenvalue weighted by atomic mass is 14.9. The van der Waals surface area contributed by atoms with Gasteiger partial charge in [-0.1, -0.05) is 24.3 Å². The normalized spacial score (nSPS) is 11.8. The lowest BCUT2D eigenvalue weighted by molar-refractivity contribution is 1.31. The van der Waals surface area contributed by atoms with E-state index in [0.29, 0.717) is 0 Å². The molecule has 0 aliphatic heterocycles. The smallest absolute Gasteiger partial charge is 0.0924 e. The molecule has 4 aromatic rings. The van der Waals surface area contributed by atoms with Gasteiger partial charge in [-0.15, -0.1) is 0 Å². The molecular weight excluding hydrogens is 300 g/mol. The molecule has 0 aliphatic carbocycles. The summed E-state index contributed by atoms with van der Waals surface area (Å²) in [5.74, 6) is 0. The first kappa shape index (κ1) is 14.1. The molecule has 6 heteroatoms. The van der Waals surface area contributed by atoms with E-state index in [2.05, 4.69) is 29.9 Å². The lowest BCUT2D eigenvalue weighted by Crippen LogP contribution is -1.81. The summed E-state index contributed by atoms with van der Waals surface area (Å²) in [6.45, 7) is 0. The van der Waals surface area contributed by atoms with Crippen molar-refractivity contribution in [2.75, 3.05) is 0 Å². The van der Waals surface area contributed by atoms with E-state index in [1.807, 2.05) is 36.4 Å². The SMILES string of the molecule is C(=Nc1cccc2c(N=Cc3cnc[nH]3)cccc12)c1cnc[nH]1. The van der Waals surface area contributed by atoms with Gasteiger partial charge in [-0.2, -0.15) is 0 Å². The summed E-state index contributed by atoms with van der Waals surface area (Å²) >= 11 is 0. The molecule has 2 aromatic heterocycles. The summed E-state index contributed by atoms with van der Waals surface area (Å²) in [4.78, 5) is 23.1. The van der Waals surface area contributed by atoms with Gasteiger partial charge >= 0.3 is 0 Å². The molecule has 0 amide bonds. The molecule has 0 radical (unpaired) electrons. The van der Waals surface area contributed by atoms with E-state index in [1.54, 1.807) is 37.5 Å². The molecule has 0 saturated heterocycles. The Morgan fingerprint density at radius 3 is 1.62 bits per heavy atom. The summed E-state index contributed by atoms with van der Waals surface area (Å²) in [7, 11) is 0. The molecule has 4 rings (SSSR count). The summed E-state index contributed by atoms with van der Waals surface area (Å²) in [6.07, 6.45) is 10.3. The van der Waals surface area contributed by atoms with Gasteiger partial charge in [0.25, 0.3) is 0 Å². The van der Waals surface area contributed by atoms with E-state index < -0.39 is 0 Å². The van der Waals surface area contributed by atoms with Crippen LogP contribution in [0.25, 0.3) is 10.8 Å². The van der Waals surface area contributed by atoms with Crippen molar-refractivity contribution >= 4 is 34.6 Å². The molecule has 0 unspecified atom stereocenters. The predicted octanol–water partition coefficient (Wildman–Crippen LogP) is 3.79. The maximum Gasteiger partial charge on any atom is 0.0924 e. The molecule has 0 atom stereocenters. The van der Waals surface area contributed by atoms with E-state index in [9.17, 15) is 0 Å². The minimum atomic E-state index is 0.862. The Morgan fingerprint density at radius 2 is 1.21 bits per heavy atom. The van der Waals surface area contributed by atoms with E-state index in [-0.39, 0.29) is 0 Å². The lowest BCUT2D eigenvalue weighted by atomic mass is 10.1. The van der Waals surface area contributed by atoms with Crippen LogP contribution in [0.3, 0.4) is 0 Å². The van der Waals surface area contributed by atoms with Crippen molar-refractivity contribution in [2.45, 2.75) is 0 Å². The molecule has 0 fully saturated rings. The fourth-order valence-electron chi connectivity index (χ4n) is 2.45. The van der Waals surface area contributed by atoms with Crippen LogP contribution in [0.5, 0.6) is 0 Å². The van der Waals surface area contributed by atoms with Crippen LogP contribution in [0.2, 0.25) is 0 Å². The Bertz CT molecular complexity index is 914. The minimum absolute atomic E-state index is 0.862. The molecule has 0 saturated carbocycles. The predicted molar refractivity (Wildman–Crippen MR) is 95.6 cm³/mol. The molecule has 6 nitrogen and oxygen atoms in total. The number of nitrogens with one attached hydrogen (secondary N) is 2. The van der Waals surface area contributed by atoms with Gasteiger partial charge in [0, 0.05) is 10.8 Å². The van der Waals surface area contributed by atoms with Gasteiger partial charge in [0.05, 0.1) is 60.2 Å². The maximum atomic E-state index is 4.56. The van der Waals surface area contributed by atoms with Crippen molar-refractivity contribution < 1.29 is 0 Å². The number of hydrogen-bond acceptors (Lipinski definition) is 4. The number of hydrogen-bond donors (Lipinski definition) is 2. The summed E-state index contributed by atoms with van der Waals surface area (Å²) in [5, 5.41) is 2.10. The molecule has 2 heterocycles. The van der Waals surface area contributed by atoms with Crippen LogP contribution in [-0.4, -0.2) is 32.4 Å². The number of nitrogens with zero attached hydrogens (tertiary/aromatic N) is 4. The quantitative estimate of drug-likeness (QED) is 0.562. The number of fused-ring (bicyclic) bond motifs is 1. The van der Waals surface area contributed by atoms with Crippen LogP contribution in [-0.2, 0) is 0 Å². The topological polar surface area (TPSA) is 82.1 Å². The second-order valence-electron chi connectivity index (χ2n) is 5.18. The Hall–Kier alpha value is -3.54. The number of imidazole rings is 2. The molecule has 2 aromatic carbocycles. The van der Waals surface area contributed by atoms with Crippen LogP contribution >= 0.6 is 0 Å². The average molecular weight is 314 g/mol. The van der Waals surface area contributed by atoms with Crippen molar-refractivity contribution in [3.8, 4) is 0 Å². The highest BCUT2D eigenvalue weighted by Crippen LogP contribution is 2.32. The third kappa shape index (κ3) is 2.85. The zero-order chi connectivity index (χ0) is 16.2. The lowest BCUT2D eigenvalue weighted by Gasteiger charge is -2.04. The zero-order valence-corrected chi connectivity index (χ0v) is 12.7. The van der Waals surface area contributed by atoms with Gasteiger partial charge < -0.3 is 9.97 Å². The Balaban J connectivity index is 1.74. The van der Waals surface area contributed by atoms with Crippen molar-refractivity contribution in [2.24, 2.45) is 9.98 Å². The number of benzene rings is 2. The van der Waals surface area contributed by atoms with Crippen LogP contribution in [0, 0.1) is 0 Å². The Kier molecular flexibility index (Phi) is 3.69. The summed E-state index contributed by atoms with van der Waals surface area (Å²) < 4.78 is 0. The van der Waals surface area contributed by atoms with Crippen molar-refractivity contribution in [3.05, 3.63) is 72.8 Å². The number of aliphatic imine (C=N–C) groups is 2. The molecule has 2 N–H and O–H groups in total. The standard InChI is InChI=1S/C18H14N6/c1-3-15-16(17(5-1)21-9-13-7-19-11-23-13)4-2-6-18(15)22-10-14-8-20-12-24-14/h1-12H,(H,19,23)(H,20,24). The fraction of sp³-hybridized carbons (Fsp3) is 0. The summed E-state index contributed by atoms with van der Waals surface area (Å²) in [6, 6.07) is 12.0. The zero-order valence-electron chi connectivity index (χ0n) is 12.7. The van der Waals surface area contributed by atoms with Crippen LogP contribution in [0.15, 0.2) is 71.4 Å². The van der Waals surface area contributed by atoms with Crippen molar-refractivity contribution in [1.29, 1.82) is 0 Å². The monoisotopic (exact) mass is 314 g/mol. The highest BCUT2D eigenvalue weighted by molar-refractivity contribution is 6.01. The molecule has 0 aliphatic rings. The number of H-pyrrole nitrogens is 2. The van der Waals surface area contributed by atoms with Gasteiger partial charge in [-0.25, -0.2) is 9.97 Å². The summed E-state index contributed by atoms with van der Waals surface area (Å²) in [5.41, 5.74) is 3.50. The van der Waals surface area contributed by atoms with Gasteiger partial charge in [0.1, 0.15) is 0 Å². The average Bonchev–Trinajstić information content (AvgIpc) is 3.31. The van der Waals surface area contributed by atoms with Crippen LogP contribution in [0.1, 0.15) is 11.4 Å². The van der Waals surface area contributed by atoms with E-state index in [1.165, 1.54) is 0 Å². The first-order valence-corrected chi connectivity index (χ1v) is 7.47. The molecule has 0 bridgehead atoms. The molecule has 24 heavy (non-hydrogen) atoms. The van der Waals surface area contributed by atoms with Crippen molar-refractivity contribution in [3.63, 3.8) is 0 Å². The molecule has 116 valence electrons. The first-order chi connectivity index (χ1) is 11.9. The van der Waals surface area contributed by atoms with Crippen LogP contribution in [0.4, 0.5) is 11.4 Å².